The van der Waals surface area contributed by atoms with E-state index in [1.807, 2.05) is 47.4 Å². The second-order valence-electron chi connectivity index (χ2n) is 8.58. The van der Waals surface area contributed by atoms with Crippen LogP contribution < -0.4 is 5.32 Å². The highest BCUT2D eigenvalue weighted by molar-refractivity contribution is 9.10. The van der Waals surface area contributed by atoms with E-state index in [0.29, 0.717) is 17.0 Å². The van der Waals surface area contributed by atoms with E-state index in [0.717, 1.165) is 52.8 Å². The van der Waals surface area contributed by atoms with Crippen LogP contribution in [0.5, 0.6) is 5.88 Å². The average Bonchev–Trinajstić information content (AvgIpc) is 3.22. The van der Waals surface area contributed by atoms with Crippen LogP contribution in [0.25, 0.3) is 10.9 Å². The molecule has 6 rings (SSSR count). The molecular weight excluding hydrogens is 474 g/mol. The third kappa shape index (κ3) is 3.03. The average molecular weight is 494 g/mol. The van der Waals surface area contributed by atoms with Gasteiger partial charge in [-0.05, 0) is 24.3 Å². The molecule has 0 radical (unpaired) electrons. The minimum absolute atomic E-state index is 0.00779. The minimum atomic E-state index is -0.131. The van der Waals surface area contributed by atoms with Crippen molar-refractivity contribution in [1.82, 2.24) is 15.2 Å². The number of fused-ring (bicyclic) bond motifs is 2. The number of oxime groups is 1. The number of carbonyl (C=O) groups excluding carboxylic acids is 1. The summed E-state index contributed by atoms with van der Waals surface area (Å²) in [5.74, 6) is -0.0658. The summed E-state index contributed by atoms with van der Waals surface area (Å²) >= 11 is 3.49. The first-order valence-electron chi connectivity index (χ1n) is 10.4. The van der Waals surface area contributed by atoms with Crippen molar-refractivity contribution < 1.29 is 14.7 Å². The molecule has 0 saturated carbocycles. The van der Waals surface area contributed by atoms with Gasteiger partial charge in [0.15, 0.2) is 12.5 Å². The summed E-state index contributed by atoms with van der Waals surface area (Å²) < 4.78 is 0.885. The maximum Gasteiger partial charge on any atom is 0.263 e. The molecule has 2 fully saturated rings. The van der Waals surface area contributed by atoms with Gasteiger partial charge in [0.25, 0.3) is 5.91 Å². The van der Waals surface area contributed by atoms with Gasteiger partial charge in [0.1, 0.15) is 11.4 Å². The summed E-state index contributed by atoms with van der Waals surface area (Å²) in [6.07, 6.45) is 0. The Kier molecular flexibility index (Phi) is 4.38. The van der Waals surface area contributed by atoms with Crippen LogP contribution in [0.3, 0.4) is 0 Å². The molecule has 8 nitrogen and oxygen atoms in total. The molecule has 1 spiro atoms. The molecule has 0 unspecified atom stereocenters. The van der Waals surface area contributed by atoms with Crippen LogP contribution in [-0.2, 0) is 9.63 Å². The normalized spacial score (nSPS) is 19.6. The Morgan fingerprint density at radius 3 is 2.84 bits per heavy atom. The lowest BCUT2D eigenvalue weighted by molar-refractivity contribution is -0.151. The number of halogens is 1. The molecule has 3 aliphatic rings. The topological polar surface area (TPSA) is 102 Å². The maximum atomic E-state index is 12.5. The van der Waals surface area contributed by atoms with E-state index in [-0.39, 0.29) is 23.8 Å². The SMILES string of the molecule is O=C(CO/N=C1/C(c2c(O)[nH]c3ccc(Br)cc23)=Nc2ccccc21)N1CC2(CNC2)C1. The molecule has 3 aliphatic heterocycles. The van der Waals surface area contributed by atoms with Crippen molar-refractivity contribution >= 4 is 49.9 Å². The van der Waals surface area contributed by atoms with Crippen molar-refractivity contribution in [2.24, 2.45) is 15.6 Å². The molecule has 3 N–H and O–H groups in total. The third-order valence-corrected chi connectivity index (χ3v) is 6.84. The second-order valence-corrected chi connectivity index (χ2v) is 9.50. The first kappa shape index (κ1) is 19.5. The van der Waals surface area contributed by atoms with Crippen molar-refractivity contribution in [3.05, 3.63) is 58.1 Å². The fourth-order valence-electron chi connectivity index (χ4n) is 4.61. The number of aromatic nitrogens is 1. The Labute approximate surface area is 192 Å². The van der Waals surface area contributed by atoms with Gasteiger partial charge in [-0.25, -0.2) is 4.99 Å². The number of hydrogen-bond donors (Lipinski definition) is 3. The van der Waals surface area contributed by atoms with E-state index in [1.165, 1.54) is 0 Å². The summed E-state index contributed by atoms with van der Waals surface area (Å²) in [6.45, 7) is 3.36. The van der Waals surface area contributed by atoms with Crippen LogP contribution in [0.2, 0.25) is 0 Å². The summed E-state index contributed by atoms with van der Waals surface area (Å²) in [4.78, 5) is 27.5. The lowest BCUT2D eigenvalue weighted by Gasteiger charge is -2.55. The smallest absolute Gasteiger partial charge is 0.263 e. The van der Waals surface area contributed by atoms with Crippen molar-refractivity contribution in [3.63, 3.8) is 0 Å². The number of aromatic amines is 1. The summed E-state index contributed by atoms with van der Waals surface area (Å²) in [7, 11) is 0. The highest BCUT2D eigenvalue weighted by Gasteiger charge is 2.49. The van der Waals surface area contributed by atoms with E-state index < -0.39 is 0 Å². The van der Waals surface area contributed by atoms with Gasteiger partial charge in [-0.2, -0.15) is 0 Å². The number of aliphatic imine (C=N–C) groups is 1. The largest absolute Gasteiger partial charge is 0.494 e. The van der Waals surface area contributed by atoms with Crippen LogP contribution in [0.1, 0.15) is 11.1 Å². The van der Waals surface area contributed by atoms with Crippen molar-refractivity contribution in [2.75, 3.05) is 32.8 Å². The molecule has 4 heterocycles. The fourth-order valence-corrected chi connectivity index (χ4v) is 4.98. The van der Waals surface area contributed by atoms with Gasteiger partial charge in [-0.1, -0.05) is 39.3 Å². The number of rotatable bonds is 4. The lowest BCUT2D eigenvalue weighted by Crippen LogP contribution is -2.72. The zero-order valence-corrected chi connectivity index (χ0v) is 18.6. The summed E-state index contributed by atoms with van der Waals surface area (Å²) in [5, 5.41) is 19.1. The van der Waals surface area contributed by atoms with Gasteiger partial charge in [0, 0.05) is 52.5 Å². The number of carbonyl (C=O) groups is 1. The Bertz CT molecular complexity index is 1320. The predicted octanol–water partition coefficient (Wildman–Crippen LogP) is 2.92. The third-order valence-electron chi connectivity index (χ3n) is 6.34. The highest BCUT2D eigenvalue weighted by atomic mass is 79.9. The maximum absolute atomic E-state index is 12.5. The zero-order chi connectivity index (χ0) is 21.9. The Morgan fingerprint density at radius 2 is 2.06 bits per heavy atom. The van der Waals surface area contributed by atoms with Crippen molar-refractivity contribution in [2.45, 2.75) is 0 Å². The second kappa shape index (κ2) is 7.18. The number of likely N-dealkylation sites (tertiary alicyclic amines) is 1. The first-order chi connectivity index (χ1) is 15.5. The lowest BCUT2D eigenvalue weighted by atomic mass is 9.74. The van der Waals surface area contributed by atoms with Gasteiger partial charge in [0.05, 0.1) is 11.3 Å². The van der Waals surface area contributed by atoms with E-state index in [1.54, 1.807) is 0 Å². The van der Waals surface area contributed by atoms with Crippen LogP contribution in [-0.4, -0.2) is 65.1 Å². The molecule has 32 heavy (non-hydrogen) atoms. The number of aromatic hydroxyl groups is 1. The molecule has 162 valence electrons. The molecule has 0 bridgehead atoms. The molecule has 0 atom stereocenters. The van der Waals surface area contributed by atoms with Gasteiger partial charge < -0.3 is 25.1 Å². The number of hydrogen-bond acceptors (Lipinski definition) is 6. The van der Waals surface area contributed by atoms with Gasteiger partial charge >= 0.3 is 0 Å². The van der Waals surface area contributed by atoms with Gasteiger partial charge in [0.2, 0.25) is 0 Å². The monoisotopic (exact) mass is 493 g/mol. The predicted molar refractivity (Wildman–Crippen MR) is 125 cm³/mol. The van der Waals surface area contributed by atoms with Crippen LogP contribution in [0, 0.1) is 5.41 Å². The molecule has 1 aromatic heterocycles. The molecule has 1 amide bonds. The molecular formula is C23H20BrN5O3. The van der Waals surface area contributed by atoms with E-state index in [4.69, 9.17) is 9.83 Å². The summed E-state index contributed by atoms with van der Waals surface area (Å²) in [5.41, 5.74) is 4.13. The van der Waals surface area contributed by atoms with Crippen LogP contribution >= 0.6 is 15.9 Å². The van der Waals surface area contributed by atoms with E-state index >= 15 is 0 Å². The Hall–Kier alpha value is -3.17. The minimum Gasteiger partial charge on any atom is -0.494 e. The Morgan fingerprint density at radius 1 is 1.25 bits per heavy atom. The molecule has 9 heteroatoms. The quantitative estimate of drug-likeness (QED) is 0.486. The number of H-pyrrole nitrogens is 1. The van der Waals surface area contributed by atoms with E-state index in [9.17, 15) is 9.90 Å². The van der Waals surface area contributed by atoms with E-state index in [2.05, 4.69) is 31.4 Å². The Balaban J connectivity index is 1.29. The van der Waals surface area contributed by atoms with Crippen molar-refractivity contribution in [3.8, 4) is 5.88 Å². The van der Waals surface area contributed by atoms with Gasteiger partial charge in [-0.3, -0.25) is 4.79 Å². The molecule has 2 saturated heterocycles. The highest BCUT2D eigenvalue weighted by Crippen LogP contribution is 2.37. The molecule has 3 aromatic rings. The number of benzene rings is 2. The first-order valence-corrected chi connectivity index (χ1v) is 11.2. The molecule has 0 aliphatic carbocycles. The van der Waals surface area contributed by atoms with Crippen molar-refractivity contribution in [1.29, 1.82) is 0 Å². The standard InChI is InChI=1S/C23H20BrN5O3/c24-13-5-6-17-15(7-13)19(22(31)27-17)21-20(14-3-1-2-4-16(14)26-21)28-32-8-18(30)29-11-23(12-29)9-25-10-23/h1-7,25,27,31H,8-12H2/b28-20+. The number of para-hydroxylation sites is 1. The summed E-state index contributed by atoms with van der Waals surface area (Å²) in [6, 6.07) is 13.3. The number of amides is 1. The number of nitrogens with zero attached hydrogens (tertiary/aromatic N) is 3. The number of nitrogens with one attached hydrogen (secondary N) is 2. The zero-order valence-electron chi connectivity index (χ0n) is 17.1. The fraction of sp³-hybridized carbons (Fsp3) is 0.261. The van der Waals surface area contributed by atoms with Gasteiger partial charge in [-0.15, -0.1) is 0 Å². The van der Waals surface area contributed by atoms with Crippen LogP contribution in [0.15, 0.2) is 57.1 Å². The molecule has 2 aromatic carbocycles. The van der Waals surface area contributed by atoms with Crippen LogP contribution in [0.4, 0.5) is 5.69 Å².